The highest BCUT2D eigenvalue weighted by molar-refractivity contribution is 5.92. The number of halogens is 1. The highest BCUT2D eigenvalue weighted by Crippen LogP contribution is 2.05. The van der Waals surface area contributed by atoms with Crippen LogP contribution in [0.4, 0.5) is 4.39 Å². The molecule has 2 rings (SSSR count). The molecule has 6 nitrogen and oxygen atoms in total. The average molecular weight is 347 g/mol. The van der Waals surface area contributed by atoms with E-state index in [0.717, 1.165) is 5.56 Å². The molecule has 0 unspecified atom stereocenters. The van der Waals surface area contributed by atoms with Crippen molar-refractivity contribution in [1.29, 1.82) is 0 Å². The Hall–Kier alpha value is -2.70. The number of hydrogen-bond donors (Lipinski definition) is 1. The Morgan fingerprint density at radius 1 is 1.08 bits per heavy atom. The smallest absolute Gasteiger partial charge is 0.244 e. The molecule has 1 aliphatic heterocycles. The SMILES string of the molecule is CC(=O)N1CCN(C(=O)CCNC(=O)C=Cc2ccc(F)cc2)CC1. The zero-order chi connectivity index (χ0) is 18.2. The van der Waals surface area contributed by atoms with Gasteiger partial charge in [-0.1, -0.05) is 12.1 Å². The van der Waals surface area contributed by atoms with Gasteiger partial charge in [-0.2, -0.15) is 0 Å². The van der Waals surface area contributed by atoms with Crippen LogP contribution in [0.1, 0.15) is 18.9 Å². The summed E-state index contributed by atoms with van der Waals surface area (Å²) < 4.78 is 12.8. The number of hydrogen-bond acceptors (Lipinski definition) is 3. The van der Waals surface area contributed by atoms with E-state index in [1.54, 1.807) is 28.0 Å². The molecule has 1 saturated heterocycles. The van der Waals surface area contributed by atoms with Crippen LogP contribution in [0.25, 0.3) is 6.08 Å². The maximum absolute atomic E-state index is 12.8. The number of nitrogens with zero attached hydrogens (tertiary/aromatic N) is 2. The summed E-state index contributed by atoms with van der Waals surface area (Å²) >= 11 is 0. The molecule has 0 bridgehead atoms. The number of carbonyl (C=O) groups excluding carboxylic acids is 3. The maximum atomic E-state index is 12.8. The van der Waals surface area contributed by atoms with E-state index in [4.69, 9.17) is 0 Å². The molecule has 1 aromatic rings. The van der Waals surface area contributed by atoms with Gasteiger partial charge in [-0.25, -0.2) is 4.39 Å². The first kappa shape index (κ1) is 18.6. The third kappa shape index (κ3) is 6.02. The lowest BCUT2D eigenvalue weighted by Crippen LogP contribution is -2.50. The second kappa shape index (κ2) is 8.96. The molecule has 25 heavy (non-hydrogen) atoms. The van der Waals surface area contributed by atoms with Gasteiger partial charge in [0.25, 0.3) is 0 Å². The first-order valence-corrected chi connectivity index (χ1v) is 8.20. The zero-order valence-corrected chi connectivity index (χ0v) is 14.2. The Bertz CT molecular complexity index is 650. The third-order valence-electron chi connectivity index (χ3n) is 4.01. The standard InChI is InChI=1S/C18H22FN3O3/c1-14(23)21-10-12-22(13-11-21)18(25)8-9-20-17(24)7-4-15-2-5-16(19)6-3-15/h2-7H,8-13H2,1H3,(H,20,24). The fourth-order valence-corrected chi connectivity index (χ4v) is 2.53. The van der Waals surface area contributed by atoms with Crippen molar-refractivity contribution in [3.8, 4) is 0 Å². The summed E-state index contributed by atoms with van der Waals surface area (Å²) in [4.78, 5) is 38.5. The lowest BCUT2D eigenvalue weighted by Gasteiger charge is -2.34. The molecule has 3 amide bonds. The van der Waals surface area contributed by atoms with Crippen LogP contribution in [0, 0.1) is 5.82 Å². The van der Waals surface area contributed by atoms with Crippen molar-refractivity contribution in [2.24, 2.45) is 0 Å². The van der Waals surface area contributed by atoms with E-state index < -0.39 is 0 Å². The molecule has 134 valence electrons. The van der Waals surface area contributed by atoms with Crippen LogP contribution in [0.5, 0.6) is 0 Å². The summed E-state index contributed by atoms with van der Waals surface area (Å²) in [5.74, 6) is -0.652. The maximum Gasteiger partial charge on any atom is 0.244 e. The Kier molecular flexibility index (Phi) is 6.68. The van der Waals surface area contributed by atoms with Crippen molar-refractivity contribution in [2.75, 3.05) is 32.7 Å². The monoisotopic (exact) mass is 347 g/mol. The van der Waals surface area contributed by atoms with E-state index in [1.165, 1.54) is 25.1 Å². The molecular formula is C18H22FN3O3. The first-order valence-electron chi connectivity index (χ1n) is 8.20. The second-order valence-electron chi connectivity index (χ2n) is 5.81. The lowest BCUT2D eigenvalue weighted by atomic mass is 10.2. The fourth-order valence-electron chi connectivity index (χ4n) is 2.53. The Morgan fingerprint density at radius 2 is 1.68 bits per heavy atom. The van der Waals surface area contributed by atoms with Gasteiger partial charge < -0.3 is 15.1 Å². The molecule has 0 spiro atoms. The zero-order valence-electron chi connectivity index (χ0n) is 14.2. The lowest BCUT2D eigenvalue weighted by molar-refractivity contribution is -0.138. The molecule has 1 heterocycles. The molecule has 0 saturated carbocycles. The Morgan fingerprint density at radius 3 is 2.28 bits per heavy atom. The van der Waals surface area contributed by atoms with Crippen LogP contribution in [-0.2, 0) is 14.4 Å². The number of rotatable bonds is 5. The van der Waals surface area contributed by atoms with Crippen molar-refractivity contribution in [3.05, 3.63) is 41.7 Å². The van der Waals surface area contributed by atoms with E-state index in [2.05, 4.69) is 5.32 Å². The molecule has 1 aromatic carbocycles. The number of benzene rings is 1. The Labute approximate surface area is 146 Å². The average Bonchev–Trinajstić information content (AvgIpc) is 2.61. The van der Waals surface area contributed by atoms with Crippen molar-refractivity contribution in [1.82, 2.24) is 15.1 Å². The molecule has 0 aromatic heterocycles. The van der Waals surface area contributed by atoms with Gasteiger partial charge in [0, 0.05) is 52.1 Å². The molecular weight excluding hydrogens is 325 g/mol. The number of amides is 3. The summed E-state index contributed by atoms with van der Waals surface area (Å²) in [6, 6.07) is 5.79. The van der Waals surface area contributed by atoms with E-state index >= 15 is 0 Å². The molecule has 1 N–H and O–H groups in total. The number of nitrogens with one attached hydrogen (secondary N) is 1. The minimum atomic E-state index is -0.329. The predicted molar refractivity (Wildman–Crippen MR) is 91.9 cm³/mol. The molecule has 0 aliphatic carbocycles. The van der Waals surface area contributed by atoms with Gasteiger partial charge in [0.05, 0.1) is 0 Å². The van der Waals surface area contributed by atoms with Gasteiger partial charge in [-0.3, -0.25) is 14.4 Å². The van der Waals surface area contributed by atoms with Crippen LogP contribution < -0.4 is 5.32 Å². The van der Waals surface area contributed by atoms with Crippen molar-refractivity contribution in [2.45, 2.75) is 13.3 Å². The number of piperazine rings is 1. The Balaban J connectivity index is 1.68. The van der Waals surface area contributed by atoms with Crippen LogP contribution >= 0.6 is 0 Å². The minimum absolute atomic E-state index is 0.0207. The molecule has 1 fully saturated rings. The third-order valence-corrected chi connectivity index (χ3v) is 4.01. The first-order chi connectivity index (χ1) is 12.0. The summed E-state index contributed by atoms with van der Waals surface area (Å²) in [6.45, 7) is 3.92. The summed E-state index contributed by atoms with van der Waals surface area (Å²) in [5, 5.41) is 2.65. The van der Waals surface area contributed by atoms with Gasteiger partial charge in [0.2, 0.25) is 17.7 Å². The minimum Gasteiger partial charge on any atom is -0.352 e. The molecule has 0 atom stereocenters. The quantitative estimate of drug-likeness (QED) is 0.809. The largest absolute Gasteiger partial charge is 0.352 e. The topological polar surface area (TPSA) is 69.7 Å². The highest BCUT2D eigenvalue weighted by atomic mass is 19.1. The van der Waals surface area contributed by atoms with E-state index in [0.29, 0.717) is 26.2 Å². The van der Waals surface area contributed by atoms with Crippen LogP contribution in [0.15, 0.2) is 30.3 Å². The van der Waals surface area contributed by atoms with Crippen molar-refractivity contribution >= 4 is 23.8 Å². The van der Waals surface area contributed by atoms with Crippen molar-refractivity contribution in [3.63, 3.8) is 0 Å². The van der Waals surface area contributed by atoms with E-state index in [9.17, 15) is 18.8 Å². The van der Waals surface area contributed by atoms with E-state index in [-0.39, 0.29) is 36.5 Å². The second-order valence-corrected chi connectivity index (χ2v) is 5.81. The van der Waals surface area contributed by atoms with Gasteiger partial charge >= 0.3 is 0 Å². The van der Waals surface area contributed by atoms with Gasteiger partial charge in [-0.15, -0.1) is 0 Å². The highest BCUT2D eigenvalue weighted by Gasteiger charge is 2.21. The van der Waals surface area contributed by atoms with Crippen LogP contribution in [-0.4, -0.2) is 60.2 Å². The summed E-state index contributed by atoms with van der Waals surface area (Å²) in [5.41, 5.74) is 0.718. The number of carbonyl (C=O) groups is 3. The summed E-state index contributed by atoms with van der Waals surface area (Å²) in [6.07, 6.45) is 3.15. The fraction of sp³-hybridized carbons (Fsp3) is 0.389. The van der Waals surface area contributed by atoms with Crippen LogP contribution in [0.2, 0.25) is 0 Å². The van der Waals surface area contributed by atoms with Crippen molar-refractivity contribution < 1.29 is 18.8 Å². The predicted octanol–water partition coefficient (Wildman–Crippen LogP) is 1.04. The normalized spacial score (nSPS) is 14.6. The molecule has 0 radical (unpaired) electrons. The van der Waals surface area contributed by atoms with Gasteiger partial charge in [0.1, 0.15) is 5.82 Å². The summed E-state index contributed by atoms with van der Waals surface area (Å²) in [7, 11) is 0. The van der Waals surface area contributed by atoms with Crippen LogP contribution in [0.3, 0.4) is 0 Å². The molecule has 1 aliphatic rings. The van der Waals surface area contributed by atoms with Gasteiger partial charge in [-0.05, 0) is 23.8 Å². The van der Waals surface area contributed by atoms with E-state index in [1.807, 2.05) is 0 Å². The molecule has 7 heteroatoms. The van der Waals surface area contributed by atoms with Gasteiger partial charge in [0.15, 0.2) is 0 Å².